The molecule has 0 amide bonds. The fourth-order valence-electron chi connectivity index (χ4n) is 2.99. The van der Waals surface area contributed by atoms with Crippen molar-refractivity contribution in [2.45, 2.75) is 6.04 Å². The number of carbonyl (C=O) groups is 1. The first-order chi connectivity index (χ1) is 10.2. The maximum Gasteiger partial charge on any atom is 0.230 e. The van der Waals surface area contributed by atoms with Gasteiger partial charge in [0.05, 0.1) is 17.4 Å². The zero-order chi connectivity index (χ0) is 14.6. The fourth-order valence-corrected chi connectivity index (χ4v) is 2.99. The Hall–Kier alpha value is -2.75. The van der Waals surface area contributed by atoms with Gasteiger partial charge in [0.1, 0.15) is 5.82 Å². The van der Waals surface area contributed by atoms with Crippen LogP contribution in [0.4, 0.5) is 15.8 Å². The van der Waals surface area contributed by atoms with E-state index in [4.69, 9.17) is 0 Å². The van der Waals surface area contributed by atoms with Gasteiger partial charge < -0.3 is 4.90 Å². The Bertz CT molecular complexity index is 825. The number of Topliss-reactive ketones (excluding diaryl/α,β-unsaturated/α-hetero) is 1. The fraction of sp³-hybridized carbons (Fsp3) is 0.0588. The SMILES string of the molecule is C=C[C@H]1c2c(F)cccc2N=C2C(=O)c3ccccc3N21. The molecule has 1 atom stereocenters. The molecule has 2 aromatic carbocycles. The van der Waals surface area contributed by atoms with Gasteiger partial charge in [0.15, 0.2) is 5.84 Å². The number of carbonyl (C=O) groups excluding carboxylic acids is 1. The summed E-state index contributed by atoms with van der Waals surface area (Å²) in [6.07, 6.45) is 1.64. The minimum absolute atomic E-state index is 0.132. The average Bonchev–Trinajstić information content (AvgIpc) is 2.79. The highest BCUT2D eigenvalue weighted by Crippen LogP contribution is 2.44. The summed E-state index contributed by atoms with van der Waals surface area (Å²) >= 11 is 0. The average molecular weight is 278 g/mol. The van der Waals surface area contributed by atoms with Crippen LogP contribution in [0.2, 0.25) is 0 Å². The van der Waals surface area contributed by atoms with E-state index < -0.39 is 6.04 Å². The summed E-state index contributed by atoms with van der Waals surface area (Å²) in [4.78, 5) is 18.6. The molecule has 2 aliphatic rings. The largest absolute Gasteiger partial charge is 0.311 e. The normalized spacial score (nSPS) is 18.7. The molecule has 2 aliphatic heterocycles. The van der Waals surface area contributed by atoms with E-state index in [0.29, 0.717) is 22.6 Å². The number of nitrogens with zero attached hydrogens (tertiary/aromatic N) is 2. The van der Waals surface area contributed by atoms with Gasteiger partial charge in [0.25, 0.3) is 0 Å². The van der Waals surface area contributed by atoms with Crippen molar-refractivity contribution < 1.29 is 9.18 Å². The third kappa shape index (κ3) is 1.47. The highest BCUT2D eigenvalue weighted by atomic mass is 19.1. The molecule has 0 unspecified atom stereocenters. The van der Waals surface area contributed by atoms with Crippen LogP contribution in [0.15, 0.2) is 60.1 Å². The van der Waals surface area contributed by atoms with E-state index in [1.165, 1.54) is 6.07 Å². The van der Waals surface area contributed by atoms with Gasteiger partial charge in [-0.1, -0.05) is 24.3 Å². The third-order valence-electron chi connectivity index (χ3n) is 3.89. The van der Waals surface area contributed by atoms with Gasteiger partial charge in [0.2, 0.25) is 5.78 Å². The molecule has 0 bridgehead atoms. The van der Waals surface area contributed by atoms with Crippen LogP contribution in [0, 0.1) is 5.82 Å². The number of hydrogen-bond donors (Lipinski definition) is 0. The van der Waals surface area contributed by atoms with Crippen LogP contribution in [-0.4, -0.2) is 11.6 Å². The topological polar surface area (TPSA) is 32.7 Å². The Kier molecular flexibility index (Phi) is 2.36. The molecule has 3 nitrogen and oxygen atoms in total. The number of aliphatic imine (C=N–C) groups is 1. The van der Waals surface area contributed by atoms with Gasteiger partial charge in [-0.15, -0.1) is 6.58 Å². The van der Waals surface area contributed by atoms with Gasteiger partial charge in [-0.3, -0.25) is 4.79 Å². The van der Waals surface area contributed by atoms with E-state index in [-0.39, 0.29) is 11.6 Å². The molecule has 4 heteroatoms. The second-order valence-corrected chi connectivity index (χ2v) is 5.00. The molecule has 0 fully saturated rings. The lowest BCUT2D eigenvalue weighted by Crippen LogP contribution is -2.36. The molecule has 21 heavy (non-hydrogen) atoms. The number of halogens is 1. The predicted molar refractivity (Wildman–Crippen MR) is 79.7 cm³/mol. The highest BCUT2D eigenvalue weighted by Gasteiger charge is 2.41. The summed E-state index contributed by atoms with van der Waals surface area (Å²) in [7, 11) is 0. The first-order valence-electron chi connectivity index (χ1n) is 6.65. The van der Waals surface area contributed by atoms with E-state index in [1.807, 2.05) is 18.2 Å². The van der Waals surface area contributed by atoms with Crippen molar-refractivity contribution in [1.29, 1.82) is 0 Å². The molecule has 0 aromatic heterocycles. The predicted octanol–water partition coefficient (Wildman–Crippen LogP) is 3.80. The van der Waals surface area contributed by atoms with Crippen LogP contribution in [0.5, 0.6) is 0 Å². The Morgan fingerprint density at radius 3 is 2.81 bits per heavy atom. The number of anilines is 1. The van der Waals surface area contributed by atoms with Crippen molar-refractivity contribution in [2.24, 2.45) is 4.99 Å². The second-order valence-electron chi connectivity index (χ2n) is 5.00. The lowest BCUT2D eigenvalue weighted by Gasteiger charge is -2.32. The summed E-state index contributed by atoms with van der Waals surface area (Å²) in [5.74, 6) is -0.136. The summed E-state index contributed by atoms with van der Waals surface area (Å²) in [6.45, 7) is 3.81. The molecule has 0 radical (unpaired) electrons. The van der Waals surface area contributed by atoms with Crippen LogP contribution < -0.4 is 4.90 Å². The van der Waals surface area contributed by atoms with Crippen LogP contribution in [0.1, 0.15) is 22.0 Å². The monoisotopic (exact) mass is 278 g/mol. The minimum atomic E-state index is -0.429. The smallest absolute Gasteiger partial charge is 0.230 e. The third-order valence-corrected chi connectivity index (χ3v) is 3.89. The zero-order valence-electron chi connectivity index (χ0n) is 11.1. The van der Waals surface area contributed by atoms with Crippen LogP contribution >= 0.6 is 0 Å². The summed E-state index contributed by atoms with van der Waals surface area (Å²) in [6, 6.07) is 11.6. The highest BCUT2D eigenvalue weighted by molar-refractivity contribution is 6.55. The van der Waals surface area contributed by atoms with Gasteiger partial charge >= 0.3 is 0 Å². The van der Waals surface area contributed by atoms with Gasteiger partial charge in [-0.25, -0.2) is 9.38 Å². The van der Waals surface area contributed by atoms with Crippen molar-refractivity contribution in [3.63, 3.8) is 0 Å². The van der Waals surface area contributed by atoms with Gasteiger partial charge in [-0.2, -0.15) is 0 Å². The molecule has 2 heterocycles. The first-order valence-corrected chi connectivity index (χ1v) is 6.65. The molecule has 0 saturated heterocycles. The van der Waals surface area contributed by atoms with E-state index in [0.717, 1.165) is 5.69 Å². The molecular formula is C17H11FN2O. The van der Waals surface area contributed by atoms with Crippen LogP contribution in [0.3, 0.4) is 0 Å². The number of para-hydroxylation sites is 1. The van der Waals surface area contributed by atoms with E-state index in [1.54, 1.807) is 29.2 Å². The molecule has 2 aromatic rings. The molecule has 0 aliphatic carbocycles. The van der Waals surface area contributed by atoms with E-state index in [9.17, 15) is 9.18 Å². The van der Waals surface area contributed by atoms with Crippen molar-refractivity contribution in [3.8, 4) is 0 Å². The molecule has 0 spiro atoms. The number of fused-ring (bicyclic) bond motifs is 4. The van der Waals surface area contributed by atoms with Gasteiger partial charge in [0, 0.05) is 11.1 Å². The maximum atomic E-state index is 14.2. The maximum absolute atomic E-state index is 14.2. The van der Waals surface area contributed by atoms with Crippen molar-refractivity contribution >= 4 is 23.0 Å². The lowest BCUT2D eigenvalue weighted by molar-refractivity contribution is 0.106. The number of ketones is 1. The second kappa shape index (κ2) is 4.12. The number of amidine groups is 1. The lowest BCUT2D eigenvalue weighted by atomic mass is 10.0. The van der Waals surface area contributed by atoms with Crippen LogP contribution in [-0.2, 0) is 0 Å². The molecule has 102 valence electrons. The van der Waals surface area contributed by atoms with E-state index >= 15 is 0 Å². The van der Waals surface area contributed by atoms with Crippen molar-refractivity contribution in [1.82, 2.24) is 0 Å². The number of rotatable bonds is 1. The summed E-state index contributed by atoms with van der Waals surface area (Å²) in [5.41, 5.74) is 2.30. The molecular weight excluding hydrogens is 267 g/mol. The first kappa shape index (κ1) is 12.0. The van der Waals surface area contributed by atoms with E-state index in [2.05, 4.69) is 11.6 Å². The Morgan fingerprint density at radius 2 is 2.00 bits per heavy atom. The van der Waals surface area contributed by atoms with Gasteiger partial charge in [-0.05, 0) is 24.3 Å². The Morgan fingerprint density at radius 1 is 1.19 bits per heavy atom. The molecule has 0 N–H and O–H groups in total. The summed E-state index contributed by atoms with van der Waals surface area (Å²) < 4.78 is 14.2. The number of hydrogen-bond acceptors (Lipinski definition) is 3. The van der Waals surface area contributed by atoms with Crippen LogP contribution in [0.25, 0.3) is 0 Å². The molecule has 0 saturated carbocycles. The summed E-state index contributed by atoms with van der Waals surface area (Å²) in [5, 5.41) is 0. The Labute approximate surface area is 121 Å². The Balaban J connectivity index is 2.03. The molecule has 4 rings (SSSR count). The number of benzene rings is 2. The standard InChI is InChI=1S/C17H11FN2O/c1-2-13-15-11(18)7-5-8-12(15)19-17-16(21)10-6-3-4-9-14(10)20(13)17/h2-9,13H,1H2/t13-/m0/s1. The van der Waals surface area contributed by atoms with Crippen molar-refractivity contribution in [3.05, 3.63) is 72.1 Å². The van der Waals surface area contributed by atoms with Crippen molar-refractivity contribution in [2.75, 3.05) is 4.90 Å². The minimum Gasteiger partial charge on any atom is -0.311 e. The zero-order valence-corrected chi connectivity index (χ0v) is 11.1. The quantitative estimate of drug-likeness (QED) is 0.743.